The van der Waals surface area contributed by atoms with Crippen molar-refractivity contribution in [2.75, 3.05) is 17.8 Å². The molecule has 2 aliphatic rings. The van der Waals surface area contributed by atoms with E-state index in [1.165, 1.54) is 29.4 Å². The molecule has 0 saturated heterocycles. The lowest BCUT2D eigenvalue weighted by Crippen LogP contribution is -2.38. The van der Waals surface area contributed by atoms with Gasteiger partial charge in [-0.1, -0.05) is 23.1 Å². The van der Waals surface area contributed by atoms with Crippen molar-refractivity contribution in [2.45, 2.75) is 29.5 Å². The SMILES string of the molecule is COc1ccc(C(=O)CSc2nnc(N3C(N)=C(C#N)C(c4ccco4)C4=C3CCCC4=O)s2)cc1. The number of carbonyl (C=O) groups is 2. The van der Waals surface area contributed by atoms with Crippen LogP contribution < -0.4 is 15.4 Å². The summed E-state index contributed by atoms with van der Waals surface area (Å²) in [6.07, 6.45) is 3.19. The number of ether oxygens (including phenoxy) is 1. The maximum absolute atomic E-state index is 13.1. The Balaban J connectivity index is 1.42. The average Bonchev–Trinajstić information content (AvgIpc) is 3.59. The first-order chi connectivity index (χ1) is 17.5. The minimum absolute atomic E-state index is 0.0351. The Morgan fingerprint density at radius 2 is 2.11 bits per heavy atom. The van der Waals surface area contributed by atoms with Gasteiger partial charge >= 0.3 is 0 Å². The molecule has 3 heterocycles. The highest BCUT2D eigenvalue weighted by Crippen LogP contribution is 2.47. The number of allylic oxidation sites excluding steroid dienone is 3. The lowest BCUT2D eigenvalue weighted by molar-refractivity contribution is -0.116. The van der Waals surface area contributed by atoms with Crippen LogP contribution in [-0.4, -0.2) is 34.6 Å². The van der Waals surface area contributed by atoms with Crippen LogP contribution >= 0.6 is 23.1 Å². The molecule has 1 atom stereocenters. The molecule has 0 fully saturated rings. The number of benzene rings is 1. The third-order valence-corrected chi connectivity index (χ3v) is 8.11. The summed E-state index contributed by atoms with van der Waals surface area (Å²) in [4.78, 5) is 27.3. The first-order valence-corrected chi connectivity index (χ1v) is 12.9. The number of nitriles is 1. The van der Waals surface area contributed by atoms with Gasteiger partial charge in [0.1, 0.15) is 17.3 Å². The zero-order valence-electron chi connectivity index (χ0n) is 19.3. The summed E-state index contributed by atoms with van der Waals surface area (Å²) < 4.78 is 11.3. The normalized spacial score (nSPS) is 17.7. The molecule has 11 heteroatoms. The van der Waals surface area contributed by atoms with Crippen LogP contribution in [0.1, 0.15) is 41.3 Å². The Kier molecular flexibility index (Phi) is 6.63. The predicted molar refractivity (Wildman–Crippen MR) is 135 cm³/mol. The van der Waals surface area contributed by atoms with Crippen LogP contribution in [0, 0.1) is 11.3 Å². The summed E-state index contributed by atoms with van der Waals surface area (Å²) in [6.45, 7) is 0. The molecular weight excluding hydrogens is 498 g/mol. The van der Waals surface area contributed by atoms with Gasteiger partial charge in [-0.05, 0) is 49.2 Å². The molecule has 0 radical (unpaired) electrons. The molecule has 2 aromatic heterocycles. The van der Waals surface area contributed by atoms with Crippen LogP contribution in [-0.2, 0) is 4.79 Å². The van der Waals surface area contributed by atoms with Gasteiger partial charge in [0.05, 0.1) is 36.7 Å². The van der Waals surface area contributed by atoms with E-state index in [0.29, 0.717) is 57.1 Å². The smallest absolute Gasteiger partial charge is 0.219 e. The molecule has 5 rings (SSSR count). The fourth-order valence-corrected chi connectivity index (χ4v) is 6.16. The Morgan fingerprint density at radius 1 is 1.31 bits per heavy atom. The number of hydrogen-bond donors (Lipinski definition) is 1. The Bertz CT molecular complexity index is 1420. The topological polar surface area (TPSA) is 135 Å². The van der Waals surface area contributed by atoms with Gasteiger partial charge in [0.15, 0.2) is 15.9 Å². The second-order valence-electron chi connectivity index (χ2n) is 8.12. The summed E-state index contributed by atoms with van der Waals surface area (Å²) in [5.41, 5.74) is 8.55. The van der Waals surface area contributed by atoms with Crippen LogP contribution in [0.5, 0.6) is 5.75 Å². The van der Waals surface area contributed by atoms with Gasteiger partial charge < -0.3 is 14.9 Å². The number of methoxy groups -OCH3 is 1. The molecule has 0 spiro atoms. The molecule has 2 N–H and O–H groups in total. The van der Waals surface area contributed by atoms with Gasteiger partial charge in [-0.25, -0.2) is 0 Å². The molecule has 9 nitrogen and oxygen atoms in total. The number of anilines is 1. The number of nitrogens with two attached hydrogens (primary N) is 1. The third kappa shape index (κ3) is 4.29. The number of hydrogen-bond acceptors (Lipinski definition) is 11. The standard InChI is InChI=1S/C25H21N5O4S2/c1-33-15-9-7-14(8-10-15)19(32)13-35-25-29-28-24(36-25)30-17-4-2-5-18(31)22(17)21(16(12-26)23(30)27)20-6-3-11-34-20/h3,6-11,21H,2,4-5,13,27H2,1H3. The van der Waals surface area contributed by atoms with Crippen LogP contribution in [0.25, 0.3) is 0 Å². The number of carbonyl (C=O) groups excluding carboxylic acids is 2. The number of rotatable bonds is 7. The van der Waals surface area contributed by atoms with Crippen molar-refractivity contribution in [3.05, 3.63) is 76.6 Å². The molecule has 182 valence electrons. The van der Waals surface area contributed by atoms with Crippen molar-refractivity contribution in [3.63, 3.8) is 0 Å². The molecule has 1 aromatic carbocycles. The van der Waals surface area contributed by atoms with E-state index in [-0.39, 0.29) is 28.7 Å². The van der Waals surface area contributed by atoms with Crippen molar-refractivity contribution >= 4 is 39.8 Å². The summed E-state index contributed by atoms with van der Waals surface area (Å²) >= 11 is 2.53. The summed E-state index contributed by atoms with van der Waals surface area (Å²) in [6, 6.07) is 12.6. The van der Waals surface area contributed by atoms with Gasteiger partial charge in [0, 0.05) is 23.3 Å². The molecular formula is C25H21N5O4S2. The predicted octanol–water partition coefficient (Wildman–Crippen LogP) is 4.42. The van der Waals surface area contributed by atoms with Crippen molar-refractivity contribution in [3.8, 4) is 11.8 Å². The minimum Gasteiger partial charge on any atom is -0.497 e. The van der Waals surface area contributed by atoms with Crippen molar-refractivity contribution in [1.29, 1.82) is 5.26 Å². The Labute approximate surface area is 215 Å². The van der Waals surface area contributed by atoms with E-state index in [0.717, 1.165) is 0 Å². The van der Waals surface area contributed by atoms with Gasteiger partial charge in [-0.15, -0.1) is 10.2 Å². The largest absolute Gasteiger partial charge is 0.497 e. The van der Waals surface area contributed by atoms with Crippen molar-refractivity contribution in [2.24, 2.45) is 5.73 Å². The van der Waals surface area contributed by atoms with E-state index in [1.54, 1.807) is 48.4 Å². The third-order valence-electron chi connectivity index (χ3n) is 6.07. The zero-order valence-corrected chi connectivity index (χ0v) is 20.9. The van der Waals surface area contributed by atoms with Crippen LogP contribution in [0.15, 0.2) is 74.1 Å². The average molecular weight is 520 g/mol. The van der Waals surface area contributed by atoms with E-state index in [1.807, 2.05) is 0 Å². The lowest BCUT2D eigenvalue weighted by atomic mass is 9.78. The van der Waals surface area contributed by atoms with Crippen LogP contribution in [0.4, 0.5) is 5.13 Å². The maximum Gasteiger partial charge on any atom is 0.219 e. The number of aromatic nitrogens is 2. The van der Waals surface area contributed by atoms with Gasteiger partial charge in [0.2, 0.25) is 5.13 Å². The Morgan fingerprint density at radius 3 is 2.81 bits per heavy atom. The van der Waals surface area contributed by atoms with E-state index in [9.17, 15) is 14.9 Å². The molecule has 0 amide bonds. The summed E-state index contributed by atoms with van der Waals surface area (Å²) in [7, 11) is 1.57. The quantitative estimate of drug-likeness (QED) is 0.353. The highest BCUT2D eigenvalue weighted by atomic mass is 32.2. The molecule has 1 aliphatic heterocycles. The molecule has 0 saturated carbocycles. The van der Waals surface area contributed by atoms with E-state index in [4.69, 9.17) is 14.9 Å². The van der Waals surface area contributed by atoms with Crippen molar-refractivity contribution < 1.29 is 18.7 Å². The molecule has 0 bridgehead atoms. The minimum atomic E-state index is -0.645. The number of nitrogens with zero attached hydrogens (tertiary/aromatic N) is 4. The second-order valence-corrected chi connectivity index (χ2v) is 10.3. The van der Waals surface area contributed by atoms with Gasteiger partial charge in [-0.3, -0.25) is 14.5 Å². The number of furan rings is 1. The Hall–Kier alpha value is -3.88. The van der Waals surface area contributed by atoms with E-state index < -0.39 is 5.92 Å². The number of Topliss-reactive ketones (excluding diaryl/α,β-unsaturated/α-hetero) is 2. The highest BCUT2D eigenvalue weighted by molar-refractivity contribution is 8.01. The molecule has 1 unspecified atom stereocenters. The molecule has 3 aromatic rings. The first-order valence-electron chi connectivity index (χ1n) is 11.1. The number of ketones is 2. The van der Waals surface area contributed by atoms with Crippen LogP contribution in [0.3, 0.4) is 0 Å². The highest BCUT2D eigenvalue weighted by Gasteiger charge is 2.42. The van der Waals surface area contributed by atoms with Crippen LogP contribution in [0.2, 0.25) is 0 Å². The lowest BCUT2D eigenvalue weighted by Gasteiger charge is -2.37. The van der Waals surface area contributed by atoms with E-state index >= 15 is 0 Å². The van der Waals surface area contributed by atoms with Crippen molar-refractivity contribution in [1.82, 2.24) is 10.2 Å². The fourth-order valence-electron chi connectivity index (χ4n) is 4.38. The number of thioether (sulfide) groups is 1. The second kappa shape index (κ2) is 10.0. The first kappa shape index (κ1) is 23.8. The molecule has 1 aliphatic carbocycles. The zero-order chi connectivity index (χ0) is 25.2. The summed E-state index contributed by atoms with van der Waals surface area (Å²) in [5, 5.41) is 19.0. The fraction of sp³-hybridized carbons (Fsp3) is 0.240. The maximum atomic E-state index is 13.1. The molecule has 36 heavy (non-hydrogen) atoms. The summed E-state index contributed by atoms with van der Waals surface area (Å²) in [5.74, 6) is 0.841. The monoisotopic (exact) mass is 519 g/mol. The van der Waals surface area contributed by atoms with Gasteiger partial charge in [-0.2, -0.15) is 5.26 Å². The van der Waals surface area contributed by atoms with E-state index in [2.05, 4.69) is 16.3 Å². The van der Waals surface area contributed by atoms with Gasteiger partial charge in [0.25, 0.3) is 0 Å².